The minimum atomic E-state index is -0.275. The van der Waals surface area contributed by atoms with Gasteiger partial charge in [-0.2, -0.15) is 5.10 Å². The molecule has 3 rings (SSSR count). The lowest BCUT2D eigenvalue weighted by molar-refractivity contribution is 0.0934. The Balaban J connectivity index is 1.99. The standard InChI is InChI=1S/C21H23N3O2/c1-3-4-14-24-21(26)18-13-9-8-12-17(18)19(23-24)20(25)22-15(2)16-10-6-5-7-11-16/h5-13,15H,3-4,14H2,1-2H3,(H,22,25)/t15-/m0/s1. The smallest absolute Gasteiger partial charge is 0.274 e. The minimum absolute atomic E-state index is 0.151. The average molecular weight is 349 g/mol. The zero-order valence-electron chi connectivity index (χ0n) is 15.1. The molecule has 0 fully saturated rings. The van der Waals surface area contributed by atoms with E-state index in [1.807, 2.05) is 49.4 Å². The summed E-state index contributed by atoms with van der Waals surface area (Å²) in [5.41, 5.74) is 1.16. The van der Waals surface area contributed by atoms with Crippen LogP contribution in [0.5, 0.6) is 0 Å². The average Bonchev–Trinajstić information content (AvgIpc) is 2.68. The Morgan fingerprint density at radius 1 is 1.08 bits per heavy atom. The lowest BCUT2D eigenvalue weighted by atomic mass is 10.1. The normalized spacial score (nSPS) is 12.1. The number of benzene rings is 2. The molecule has 0 unspecified atom stereocenters. The van der Waals surface area contributed by atoms with Crippen LogP contribution in [0.1, 0.15) is 48.8 Å². The first-order valence-electron chi connectivity index (χ1n) is 8.97. The van der Waals surface area contributed by atoms with Gasteiger partial charge in [-0.15, -0.1) is 0 Å². The quantitative estimate of drug-likeness (QED) is 0.738. The fourth-order valence-electron chi connectivity index (χ4n) is 2.95. The zero-order valence-corrected chi connectivity index (χ0v) is 15.1. The highest BCUT2D eigenvalue weighted by Crippen LogP contribution is 2.16. The van der Waals surface area contributed by atoms with Crippen molar-refractivity contribution in [2.24, 2.45) is 0 Å². The molecule has 5 heteroatoms. The maximum atomic E-state index is 12.9. The van der Waals surface area contributed by atoms with E-state index in [4.69, 9.17) is 0 Å². The van der Waals surface area contributed by atoms with Gasteiger partial charge < -0.3 is 5.32 Å². The van der Waals surface area contributed by atoms with Crippen molar-refractivity contribution in [2.75, 3.05) is 0 Å². The number of aryl methyl sites for hydroxylation is 1. The van der Waals surface area contributed by atoms with E-state index in [1.165, 1.54) is 4.68 Å². The minimum Gasteiger partial charge on any atom is -0.344 e. The van der Waals surface area contributed by atoms with Crippen LogP contribution in [0.15, 0.2) is 59.4 Å². The van der Waals surface area contributed by atoms with Crippen LogP contribution in [-0.4, -0.2) is 15.7 Å². The zero-order chi connectivity index (χ0) is 18.5. The van der Waals surface area contributed by atoms with Gasteiger partial charge in [-0.3, -0.25) is 9.59 Å². The van der Waals surface area contributed by atoms with Crippen LogP contribution >= 0.6 is 0 Å². The molecule has 5 nitrogen and oxygen atoms in total. The van der Waals surface area contributed by atoms with E-state index < -0.39 is 0 Å². The predicted molar refractivity (Wildman–Crippen MR) is 103 cm³/mol. The third-order valence-corrected chi connectivity index (χ3v) is 4.45. The van der Waals surface area contributed by atoms with Gasteiger partial charge in [0.2, 0.25) is 0 Å². The number of hydrogen-bond donors (Lipinski definition) is 1. The molecule has 3 aromatic rings. The van der Waals surface area contributed by atoms with Crippen molar-refractivity contribution in [2.45, 2.75) is 39.3 Å². The SMILES string of the molecule is CCCCn1nc(C(=O)N[C@@H](C)c2ccccc2)c2ccccc2c1=O. The molecule has 0 spiro atoms. The molecule has 0 aliphatic heterocycles. The molecule has 2 aromatic carbocycles. The molecule has 1 amide bonds. The summed E-state index contributed by atoms with van der Waals surface area (Å²) in [6, 6.07) is 16.8. The Kier molecular flexibility index (Phi) is 5.46. The van der Waals surface area contributed by atoms with Crippen LogP contribution in [0.25, 0.3) is 10.8 Å². The Bertz CT molecular complexity index is 964. The van der Waals surface area contributed by atoms with E-state index in [2.05, 4.69) is 17.3 Å². The predicted octanol–water partition coefficient (Wildman–Crippen LogP) is 3.69. The maximum Gasteiger partial charge on any atom is 0.274 e. The Hall–Kier alpha value is -2.95. The van der Waals surface area contributed by atoms with Crippen LogP contribution < -0.4 is 10.9 Å². The topological polar surface area (TPSA) is 64.0 Å². The first kappa shape index (κ1) is 17.9. The molecule has 26 heavy (non-hydrogen) atoms. The number of aromatic nitrogens is 2. The summed E-state index contributed by atoms with van der Waals surface area (Å²) in [5.74, 6) is -0.275. The molecule has 0 aliphatic rings. The van der Waals surface area contributed by atoms with E-state index >= 15 is 0 Å². The summed E-state index contributed by atoms with van der Waals surface area (Å²) >= 11 is 0. The maximum absolute atomic E-state index is 12.9. The van der Waals surface area contributed by atoms with Crippen LogP contribution in [0, 0.1) is 0 Å². The number of carbonyl (C=O) groups is 1. The van der Waals surface area contributed by atoms with Crippen molar-refractivity contribution in [3.8, 4) is 0 Å². The van der Waals surface area contributed by atoms with Gasteiger partial charge >= 0.3 is 0 Å². The lowest BCUT2D eigenvalue weighted by Gasteiger charge is -2.16. The van der Waals surface area contributed by atoms with Gasteiger partial charge in [-0.05, 0) is 25.0 Å². The van der Waals surface area contributed by atoms with Crippen LogP contribution in [-0.2, 0) is 6.54 Å². The molecule has 0 aliphatic carbocycles. The van der Waals surface area contributed by atoms with Crippen molar-refractivity contribution < 1.29 is 4.79 Å². The molecule has 0 bridgehead atoms. The number of nitrogens with one attached hydrogen (secondary N) is 1. The first-order chi connectivity index (χ1) is 12.6. The summed E-state index contributed by atoms with van der Waals surface area (Å²) < 4.78 is 1.41. The van der Waals surface area contributed by atoms with Crippen LogP contribution in [0.2, 0.25) is 0 Å². The van der Waals surface area contributed by atoms with Crippen molar-refractivity contribution in [1.82, 2.24) is 15.1 Å². The monoisotopic (exact) mass is 349 g/mol. The second-order valence-corrected chi connectivity index (χ2v) is 6.38. The summed E-state index contributed by atoms with van der Waals surface area (Å²) in [6.45, 7) is 4.50. The molecule has 1 N–H and O–H groups in total. The molecule has 0 saturated heterocycles. The highest BCUT2D eigenvalue weighted by Gasteiger charge is 2.18. The van der Waals surface area contributed by atoms with E-state index in [9.17, 15) is 9.59 Å². The van der Waals surface area contributed by atoms with Crippen molar-refractivity contribution in [3.05, 3.63) is 76.2 Å². The van der Waals surface area contributed by atoms with E-state index in [1.54, 1.807) is 12.1 Å². The Morgan fingerprint density at radius 2 is 1.73 bits per heavy atom. The largest absolute Gasteiger partial charge is 0.344 e. The van der Waals surface area contributed by atoms with Crippen molar-refractivity contribution >= 4 is 16.7 Å². The van der Waals surface area contributed by atoms with Crippen LogP contribution in [0.4, 0.5) is 0 Å². The lowest BCUT2D eigenvalue weighted by Crippen LogP contribution is -2.32. The van der Waals surface area contributed by atoms with E-state index in [0.717, 1.165) is 18.4 Å². The molecular weight excluding hydrogens is 326 g/mol. The second kappa shape index (κ2) is 7.95. The third kappa shape index (κ3) is 3.67. The van der Waals surface area contributed by atoms with Crippen molar-refractivity contribution in [3.63, 3.8) is 0 Å². The van der Waals surface area contributed by atoms with Gasteiger partial charge in [0, 0.05) is 11.9 Å². The highest BCUT2D eigenvalue weighted by molar-refractivity contribution is 6.04. The van der Waals surface area contributed by atoms with Gasteiger partial charge in [0.05, 0.1) is 11.4 Å². The molecular formula is C21H23N3O2. The summed E-state index contributed by atoms with van der Waals surface area (Å²) in [5, 5.41) is 8.48. The summed E-state index contributed by atoms with van der Waals surface area (Å²) in [7, 11) is 0. The Morgan fingerprint density at radius 3 is 2.42 bits per heavy atom. The summed E-state index contributed by atoms with van der Waals surface area (Å²) in [6.07, 6.45) is 1.79. The molecule has 1 atom stereocenters. The fraction of sp³-hybridized carbons (Fsp3) is 0.286. The third-order valence-electron chi connectivity index (χ3n) is 4.45. The molecule has 1 aromatic heterocycles. The van der Waals surface area contributed by atoms with Gasteiger partial charge in [0.25, 0.3) is 11.5 Å². The first-order valence-corrected chi connectivity index (χ1v) is 8.97. The Labute approximate surface area is 152 Å². The van der Waals surface area contributed by atoms with Gasteiger partial charge in [-0.25, -0.2) is 4.68 Å². The van der Waals surface area contributed by atoms with Gasteiger partial charge in [0.15, 0.2) is 5.69 Å². The van der Waals surface area contributed by atoms with Gasteiger partial charge in [0.1, 0.15) is 0 Å². The number of rotatable bonds is 6. The van der Waals surface area contributed by atoms with Crippen molar-refractivity contribution in [1.29, 1.82) is 0 Å². The second-order valence-electron chi connectivity index (χ2n) is 6.38. The molecule has 0 saturated carbocycles. The number of fused-ring (bicyclic) bond motifs is 1. The number of amides is 1. The number of unbranched alkanes of at least 4 members (excludes halogenated alkanes) is 1. The number of hydrogen-bond acceptors (Lipinski definition) is 3. The molecule has 1 heterocycles. The van der Waals surface area contributed by atoms with E-state index in [-0.39, 0.29) is 17.5 Å². The van der Waals surface area contributed by atoms with E-state index in [0.29, 0.717) is 23.0 Å². The molecule has 0 radical (unpaired) electrons. The highest BCUT2D eigenvalue weighted by atomic mass is 16.2. The van der Waals surface area contributed by atoms with Crippen LogP contribution in [0.3, 0.4) is 0 Å². The number of carbonyl (C=O) groups excluding carboxylic acids is 1. The fourth-order valence-corrected chi connectivity index (χ4v) is 2.95. The van der Waals surface area contributed by atoms with Gasteiger partial charge in [-0.1, -0.05) is 61.9 Å². The number of nitrogens with zero attached hydrogens (tertiary/aromatic N) is 2. The molecule has 134 valence electrons. The summed E-state index contributed by atoms with van der Waals surface area (Å²) in [4.78, 5) is 25.5.